The Hall–Kier alpha value is -1.33. The molecule has 0 aliphatic carbocycles. The van der Waals surface area contributed by atoms with Gasteiger partial charge in [0.1, 0.15) is 0 Å². The summed E-state index contributed by atoms with van der Waals surface area (Å²) in [6.07, 6.45) is 0.884. The molecule has 6 heteroatoms. The summed E-state index contributed by atoms with van der Waals surface area (Å²) in [5, 5.41) is 4.56. The van der Waals surface area contributed by atoms with Crippen LogP contribution in [0.5, 0.6) is 0 Å². The Balaban J connectivity index is 2.04. The second-order valence-electron chi connectivity index (χ2n) is 5.00. The van der Waals surface area contributed by atoms with E-state index >= 15 is 0 Å². The molecule has 0 bridgehead atoms. The van der Waals surface area contributed by atoms with Crippen molar-refractivity contribution in [1.82, 2.24) is 9.80 Å². The monoisotopic (exact) mass is 311 g/mol. The number of hydrogen-bond donors (Lipinski definition) is 1. The maximum absolute atomic E-state index is 10.7. The Bertz CT molecular complexity index is 504. The third-order valence-electron chi connectivity index (χ3n) is 3.41. The van der Waals surface area contributed by atoms with Gasteiger partial charge in [-0.25, -0.2) is 0 Å². The average molecular weight is 312 g/mol. The summed E-state index contributed by atoms with van der Waals surface area (Å²) in [4.78, 5) is 14.5. The molecule has 1 fully saturated rings. The first-order valence-electron chi connectivity index (χ1n) is 6.53. The van der Waals surface area contributed by atoms with Crippen molar-refractivity contribution < 1.29 is 4.79 Å². The number of benzene rings is 1. The number of amides is 1. The van der Waals surface area contributed by atoms with Gasteiger partial charge in [-0.2, -0.15) is 0 Å². The smallest absolute Gasteiger partial charge is 0.209 e. The zero-order valence-corrected chi connectivity index (χ0v) is 13.2. The first-order chi connectivity index (χ1) is 9.51. The van der Waals surface area contributed by atoms with E-state index in [1.165, 1.54) is 0 Å². The van der Waals surface area contributed by atoms with Gasteiger partial charge >= 0.3 is 0 Å². The highest BCUT2D eigenvalue weighted by Crippen LogP contribution is 2.27. The number of carbonyl (C=O) groups is 1. The molecule has 1 aromatic rings. The van der Waals surface area contributed by atoms with Gasteiger partial charge in [-0.15, -0.1) is 0 Å². The number of nitrogens with one attached hydrogen (secondary N) is 1. The Morgan fingerprint density at radius 1 is 1.30 bits per heavy atom. The Morgan fingerprint density at radius 3 is 2.50 bits per heavy atom. The van der Waals surface area contributed by atoms with Crippen molar-refractivity contribution in [1.29, 1.82) is 0 Å². The highest BCUT2D eigenvalue weighted by Gasteiger charge is 2.18. The van der Waals surface area contributed by atoms with E-state index in [1.807, 2.05) is 19.9 Å². The predicted octanol–water partition coefficient (Wildman–Crippen LogP) is 2.43. The molecule has 20 heavy (non-hydrogen) atoms. The van der Waals surface area contributed by atoms with Gasteiger partial charge in [-0.1, -0.05) is 17.7 Å². The van der Waals surface area contributed by atoms with E-state index in [1.54, 1.807) is 4.90 Å². The number of piperazine rings is 1. The lowest BCUT2D eigenvalue weighted by molar-refractivity contribution is -0.119. The number of rotatable bonds is 2. The minimum absolute atomic E-state index is 0.657. The predicted molar refractivity (Wildman–Crippen MR) is 86.4 cm³/mol. The van der Waals surface area contributed by atoms with Crippen LogP contribution < -0.4 is 5.32 Å². The van der Waals surface area contributed by atoms with E-state index in [4.69, 9.17) is 23.8 Å². The number of thiocarbonyl (C=S) groups is 1. The molecule has 1 aliphatic heterocycles. The topological polar surface area (TPSA) is 35.6 Å². The van der Waals surface area contributed by atoms with Gasteiger partial charge in [0.05, 0.1) is 10.7 Å². The van der Waals surface area contributed by atoms with Crippen LogP contribution in [0.1, 0.15) is 11.1 Å². The standard InChI is InChI=1S/C14H18ClN3OS/c1-10-7-11(2)13(12(15)8-10)16-14(20)18-5-3-17(9-19)4-6-18/h7-9H,3-6H2,1-2H3,(H,16,20). The molecule has 0 atom stereocenters. The largest absolute Gasteiger partial charge is 0.345 e. The van der Waals surface area contributed by atoms with Crippen molar-refractivity contribution >= 4 is 41.0 Å². The molecular weight excluding hydrogens is 294 g/mol. The van der Waals surface area contributed by atoms with Crippen LogP contribution in [0.4, 0.5) is 5.69 Å². The number of anilines is 1. The molecule has 1 aliphatic rings. The van der Waals surface area contributed by atoms with Gasteiger partial charge in [0.15, 0.2) is 5.11 Å². The number of carbonyl (C=O) groups excluding carboxylic acids is 1. The zero-order chi connectivity index (χ0) is 14.7. The van der Waals surface area contributed by atoms with E-state index < -0.39 is 0 Å². The van der Waals surface area contributed by atoms with Gasteiger partial charge in [0.2, 0.25) is 6.41 Å². The summed E-state index contributed by atoms with van der Waals surface area (Å²) in [7, 11) is 0. The molecule has 0 saturated carbocycles. The van der Waals surface area contributed by atoms with Crippen LogP contribution in [-0.2, 0) is 4.79 Å². The van der Waals surface area contributed by atoms with Crippen molar-refractivity contribution in [2.45, 2.75) is 13.8 Å². The van der Waals surface area contributed by atoms with Crippen molar-refractivity contribution in [3.05, 3.63) is 28.3 Å². The fourth-order valence-electron chi connectivity index (χ4n) is 2.29. The van der Waals surface area contributed by atoms with Crippen LogP contribution in [-0.4, -0.2) is 47.5 Å². The molecule has 1 amide bonds. The molecule has 1 N–H and O–H groups in total. The Labute approximate surface area is 129 Å². The van der Waals surface area contributed by atoms with Crippen molar-refractivity contribution in [2.24, 2.45) is 0 Å². The molecule has 0 unspecified atom stereocenters. The van der Waals surface area contributed by atoms with E-state index in [0.29, 0.717) is 23.2 Å². The van der Waals surface area contributed by atoms with Crippen LogP contribution >= 0.6 is 23.8 Å². The lowest BCUT2D eigenvalue weighted by Crippen LogP contribution is -2.49. The van der Waals surface area contributed by atoms with Crippen LogP contribution in [0.25, 0.3) is 0 Å². The van der Waals surface area contributed by atoms with Crippen LogP contribution in [0.2, 0.25) is 5.02 Å². The summed E-state index contributed by atoms with van der Waals surface area (Å²) in [5.74, 6) is 0. The first kappa shape index (κ1) is 15.1. The zero-order valence-electron chi connectivity index (χ0n) is 11.6. The number of halogens is 1. The highest BCUT2D eigenvalue weighted by atomic mass is 35.5. The summed E-state index contributed by atoms with van der Waals surface area (Å²) in [6, 6.07) is 3.99. The average Bonchev–Trinajstić information content (AvgIpc) is 2.42. The molecule has 0 spiro atoms. The molecule has 2 rings (SSSR count). The molecule has 1 saturated heterocycles. The molecule has 0 radical (unpaired) electrons. The third-order valence-corrected chi connectivity index (χ3v) is 4.07. The fraction of sp³-hybridized carbons (Fsp3) is 0.429. The molecule has 1 heterocycles. The SMILES string of the molecule is Cc1cc(C)c(NC(=S)N2CCN(C=O)CC2)c(Cl)c1. The Morgan fingerprint density at radius 2 is 1.95 bits per heavy atom. The second-order valence-corrected chi connectivity index (χ2v) is 5.79. The van der Waals surface area contributed by atoms with Crippen LogP contribution in [0.15, 0.2) is 12.1 Å². The maximum Gasteiger partial charge on any atom is 0.209 e. The molecule has 0 aromatic heterocycles. The fourth-order valence-corrected chi connectivity index (χ4v) is 2.94. The van der Waals surface area contributed by atoms with Crippen LogP contribution in [0.3, 0.4) is 0 Å². The van der Waals surface area contributed by atoms with E-state index in [0.717, 1.165) is 36.3 Å². The van der Waals surface area contributed by atoms with Gasteiger partial charge in [0.25, 0.3) is 0 Å². The van der Waals surface area contributed by atoms with Gasteiger partial charge in [-0.3, -0.25) is 4.79 Å². The minimum atomic E-state index is 0.657. The maximum atomic E-state index is 10.7. The third kappa shape index (κ3) is 3.41. The molecule has 1 aromatic carbocycles. The van der Waals surface area contributed by atoms with E-state index in [2.05, 4.69) is 16.3 Å². The van der Waals surface area contributed by atoms with Crippen molar-refractivity contribution in [3.8, 4) is 0 Å². The molecule has 108 valence electrons. The lowest BCUT2D eigenvalue weighted by atomic mass is 10.1. The van der Waals surface area contributed by atoms with E-state index in [-0.39, 0.29) is 0 Å². The molecule has 4 nitrogen and oxygen atoms in total. The number of aryl methyl sites for hydroxylation is 2. The summed E-state index contributed by atoms with van der Waals surface area (Å²) >= 11 is 11.7. The van der Waals surface area contributed by atoms with Gasteiger partial charge < -0.3 is 15.1 Å². The lowest BCUT2D eigenvalue weighted by Gasteiger charge is -2.34. The second kappa shape index (κ2) is 6.41. The summed E-state index contributed by atoms with van der Waals surface area (Å²) in [6.45, 7) is 6.91. The van der Waals surface area contributed by atoms with Gasteiger partial charge in [-0.05, 0) is 43.3 Å². The quantitative estimate of drug-likeness (QED) is 0.672. The summed E-state index contributed by atoms with van der Waals surface area (Å²) in [5.41, 5.74) is 3.06. The van der Waals surface area contributed by atoms with E-state index in [9.17, 15) is 4.79 Å². The first-order valence-corrected chi connectivity index (χ1v) is 7.32. The highest BCUT2D eigenvalue weighted by molar-refractivity contribution is 7.80. The number of hydrogen-bond acceptors (Lipinski definition) is 2. The van der Waals surface area contributed by atoms with Gasteiger partial charge in [0, 0.05) is 26.2 Å². The van der Waals surface area contributed by atoms with Crippen molar-refractivity contribution in [2.75, 3.05) is 31.5 Å². The Kier molecular flexibility index (Phi) is 4.83. The van der Waals surface area contributed by atoms with Crippen LogP contribution in [0, 0.1) is 13.8 Å². The normalized spacial score (nSPS) is 15.2. The minimum Gasteiger partial charge on any atom is -0.345 e. The summed E-state index contributed by atoms with van der Waals surface area (Å²) < 4.78 is 0. The number of nitrogens with zero attached hydrogens (tertiary/aromatic N) is 2. The van der Waals surface area contributed by atoms with Crippen molar-refractivity contribution in [3.63, 3.8) is 0 Å². The molecular formula is C14H18ClN3OS.